The zero-order valence-corrected chi connectivity index (χ0v) is 15.3. The van der Waals surface area contributed by atoms with Gasteiger partial charge in [-0.3, -0.25) is 5.32 Å². The Hall–Kier alpha value is -2.95. The fourth-order valence-electron chi connectivity index (χ4n) is 2.63. The Morgan fingerprint density at radius 3 is 2.50 bits per heavy atom. The van der Waals surface area contributed by atoms with Crippen LogP contribution in [0.3, 0.4) is 0 Å². The van der Waals surface area contributed by atoms with Crippen LogP contribution < -0.4 is 5.32 Å². The summed E-state index contributed by atoms with van der Waals surface area (Å²) in [6.07, 6.45) is -0.493. The SMILES string of the molecule is Cc1cc(-c2ccc3ccc(F)cc3n2)ccc1NC(=O)OC(C)(C)C. The largest absolute Gasteiger partial charge is 0.444 e. The Kier molecular flexibility index (Phi) is 4.64. The fourth-order valence-corrected chi connectivity index (χ4v) is 2.63. The van der Waals surface area contributed by atoms with Crippen LogP contribution in [-0.2, 0) is 4.74 Å². The van der Waals surface area contributed by atoms with Crippen molar-refractivity contribution in [2.45, 2.75) is 33.3 Å². The van der Waals surface area contributed by atoms with Gasteiger partial charge in [-0.05, 0) is 63.6 Å². The van der Waals surface area contributed by atoms with Gasteiger partial charge in [0.2, 0.25) is 0 Å². The van der Waals surface area contributed by atoms with Crippen molar-refractivity contribution in [3.8, 4) is 11.3 Å². The van der Waals surface area contributed by atoms with Crippen molar-refractivity contribution in [2.24, 2.45) is 0 Å². The molecule has 0 spiro atoms. The van der Waals surface area contributed by atoms with Gasteiger partial charge < -0.3 is 4.74 Å². The van der Waals surface area contributed by atoms with Crippen LogP contribution in [0.4, 0.5) is 14.9 Å². The number of anilines is 1. The summed E-state index contributed by atoms with van der Waals surface area (Å²) in [5.74, 6) is -0.310. The third-order valence-electron chi connectivity index (χ3n) is 3.81. The Morgan fingerprint density at radius 1 is 1.08 bits per heavy atom. The standard InChI is InChI=1S/C21H21FN2O2/c1-13-11-15(7-9-17(13)24-20(25)26-21(2,3)4)18-10-6-14-5-8-16(22)12-19(14)23-18/h5-12H,1-4H3,(H,24,25). The molecule has 5 heteroatoms. The Morgan fingerprint density at radius 2 is 1.81 bits per heavy atom. The number of rotatable bonds is 2. The molecule has 3 rings (SSSR count). The Labute approximate surface area is 152 Å². The number of amides is 1. The van der Waals surface area contributed by atoms with E-state index < -0.39 is 11.7 Å². The first-order chi connectivity index (χ1) is 12.2. The molecule has 1 aromatic heterocycles. The third kappa shape index (κ3) is 4.17. The molecule has 0 saturated heterocycles. The summed E-state index contributed by atoms with van der Waals surface area (Å²) in [5, 5.41) is 3.64. The molecule has 26 heavy (non-hydrogen) atoms. The van der Waals surface area contributed by atoms with Crippen molar-refractivity contribution in [3.63, 3.8) is 0 Å². The van der Waals surface area contributed by atoms with Crippen LogP contribution in [0.1, 0.15) is 26.3 Å². The van der Waals surface area contributed by atoms with Gasteiger partial charge in [-0.25, -0.2) is 14.2 Å². The summed E-state index contributed by atoms with van der Waals surface area (Å²) >= 11 is 0. The number of aromatic nitrogens is 1. The molecule has 3 aromatic rings. The molecule has 4 nitrogen and oxygen atoms in total. The number of fused-ring (bicyclic) bond motifs is 1. The minimum atomic E-state index is -0.553. The Balaban J connectivity index is 1.86. The van der Waals surface area contributed by atoms with Crippen molar-refractivity contribution in [2.75, 3.05) is 5.32 Å². The van der Waals surface area contributed by atoms with E-state index in [1.165, 1.54) is 12.1 Å². The zero-order chi connectivity index (χ0) is 18.9. The lowest BCUT2D eigenvalue weighted by Crippen LogP contribution is -2.27. The molecule has 0 atom stereocenters. The number of pyridine rings is 1. The predicted octanol–water partition coefficient (Wildman–Crippen LogP) is 5.70. The van der Waals surface area contributed by atoms with Gasteiger partial charge in [0.15, 0.2) is 0 Å². The first-order valence-electron chi connectivity index (χ1n) is 8.39. The van der Waals surface area contributed by atoms with Gasteiger partial charge in [0.05, 0.1) is 11.2 Å². The zero-order valence-electron chi connectivity index (χ0n) is 15.3. The number of nitrogens with one attached hydrogen (secondary N) is 1. The number of halogens is 1. The van der Waals surface area contributed by atoms with Crippen LogP contribution in [0.5, 0.6) is 0 Å². The second kappa shape index (κ2) is 6.75. The highest BCUT2D eigenvalue weighted by Crippen LogP contribution is 2.26. The van der Waals surface area contributed by atoms with Crippen molar-refractivity contribution in [1.82, 2.24) is 4.98 Å². The lowest BCUT2D eigenvalue weighted by molar-refractivity contribution is 0.0636. The third-order valence-corrected chi connectivity index (χ3v) is 3.81. The van der Waals surface area contributed by atoms with Crippen LogP contribution >= 0.6 is 0 Å². The average molecular weight is 352 g/mol. The van der Waals surface area contributed by atoms with Gasteiger partial charge >= 0.3 is 6.09 Å². The number of hydrogen-bond donors (Lipinski definition) is 1. The lowest BCUT2D eigenvalue weighted by atomic mass is 10.1. The van der Waals surface area contributed by atoms with E-state index in [0.717, 1.165) is 22.2 Å². The van der Waals surface area contributed by atoms with Crippen molar-refractivity contribution in [3.05, 3.63) is 59.9 Å². The number of aryl methyl sites for hydroxylation is 1. The summed E-state index contributed by atoms with van der Waals surface area (Å²) in [4.78, 5) is 16.5. The Bertz CT molecular complexity index is 977. The molecule has 0 aliphatic heterocycles. The molecule has 0 radical (unpaired) electrons. The highest BCUT2D eigenvalue weighted by atomic mass is 19.1. The van der Waals surface area contributed by atoms with Gasteiger partial charge in [0, 0.05) is 22.7 Å². The molecule has 0 saturated carbocycles. The molecule has 0 bridgehead atoms. The number of ether oxygens (including phenoxy) is 1. The van der Waals surface area contributed by atoms with E-state index >= 15 is 0 Å². The van der Waals surface area contributed by atoms with Gasteiger partial charge in [0.1, 0.15) is 11.4 Å². The van der Waals surface area contributed by atoms with Crippen LogP contribution in [0, 0.1) is 12.7 Å². The molecule has 1 heterocycles. The first kappa shape index (κ1) is 17.9. The van der Waals surface area contributed by atoms with Crippen LogP contribution in [0.25, 0.3) is 22.2 Å². The van der Waals surface area contributed by atoms with E-state index in [1.807, 2.05) is 58.0 Å². The smallest absolute Gasteiger partial charge is 0.412 e. The lowest BCUT2D eigenvalue weighted by Gasteiger charge is -2.20. The van der Waals surface area contributed by atoms with Crippen molar-refractivity contribution >= 4 is 22.7 Å². The average Bonchev–Trinajstić information content (AvgIpc) is 2.54. The quantitative estimate of drug-likeness (QED) is 0.644. The van der Waals surface area contributed by atoms with Crippen LogP contribution in [0.2, 0.25) is 0 Å². The van der Waals surface area contributed by atoms with Crippen molar-refractivity contribution < 1.29 is 13.9 Å². The van der Waals surface area contributed by atoms with E-state index in [4.69, 9.17) is 4.74 Å². The second-order valence-corrected chi connectivity index (χ2v) is 7.19. The maximum absolute atomic E-state index is 13.4. The van der Waals surface area contributed by atoms with Gasteiger partial charge in [-0.2, -0.15) is 0 Å². The molecular weight excluding hydrogens is 331 g/mol. The molecule has 0 fully saturated rings. The molecule has 134 valence electrons. The molecular formula is C21H21FN2O2. The molecule has 1 amide bonds. The van der Waals surface area contributed by atoms with E-state index in [-0.39, 0.29) is 5.82 Å². The number of nitrogens with zero attached hydrogens (tertiary/aromatic N) is 1. The normalized spacial score (nSPS) is 11.4. The molecule has 2 aromatic carbocycles. The highest BCUT2D eigenvalue weighted by Gasteiger charge is 2.17. The fraction of sp³-hybridized carbons (Fsp3) is 0.238. The number of carbonyl (C=O) groups excluding carboxylic acids is 1. The predicted molar refractivity (Wildman–Crippen MR) is 102 cm³/mol. The highest BCUT2D eigenvalue weighted by molar-refractivity contribution is 5.87. The monoisotopic (exact) mass is 352 g/mol. The summed E-state index contributed by atoms with van der Waals surface area (Å²) in [7, 11) is 0. The van der Waals surface area contributed by atoms with E-state index in [1.54, 1.807) is 6.07 Å². The minimum Gasteiger partial charge on any atom is -0.444 e. The van der Waals surface area contributed by atoms with E-state index in [0.29, 0.717) is 11.2 Å². The van der Waals surface area contributed by atoms with E-state index in [2.05, 4.69) is 10.3 Å². The van der Waals surface area contributed by atoms with Gasteiger partial charge in [-0.1, -0.05) is 12.1 Å². The van der Waals surface area contributed by atoms with Gasteiger partial charge in [0.25, 0.3) is 0 Å². The molecule has 1 N–H and O–H groups in total. The first-order valence-corrected chi connectivity index (χ1v) is 8.39. The second-order valence-electron chi connectivity index (χ2n) is 7.19. The number of hydrogen-bond acceptors (Lipinski definition) is 3. The summed E-state index contributed by atoms with van der Waals surface area (Å²) in [6, 6.07) is 14.0. The van der Waals surface area contributed by atoms with Crippen LogP contribution in [-0.4, -0.2) is 16.7 Å². The van der Waals surface area contributed by atoms with Crippen LogP contribution in [0.15, 0.2) is 48.5 Å². The maximum atomic E-state index is 13.4. The minimum absolute atomic E-state index is 0.310. The summed E-state index contributed by atoms with van der Waals surface area (Å²) in [5.41, 5.74) is 3.25. The van der Waals surface area contributed by atoms with Gasteiger partial charge in [-0.15, -0.1) is 0 Å². The van der Waals surface area contributed by atoms with Crippen molar-refractivity contribution in [1.29, 1.82) is 0 Å². The number of carbonyl (C=O) groups is 1. The molecule has 0 aliphatic carbocycles. The van der Waals surface area contributed by atoms with E-state index in [9.17, 15) is 9.18 Å². The number of benzene rings is 2. The molecule has 0 aliphatic rings. The summed E-state index contributed by atoms with van der Waals surface area (Å²) in [6.45, 7) is 7.35. The topological polar surface area (TPSA) is 51.2 Å². The summed E-state index contributed by atoms with van der Waals surface area (Å²) < 4.78 is 18.7. The maximum Gasteiger partial charge on any atom is 0.412 e. The molecule has 0 unspecified atom stereocenters.